The lowest BCUT2D eigenvalue weighted by Gasteiger charge is -2.37. The maximum atomic E-state index is 12.2. The van der Waals surface area contributed by atoms with Crippen molar-refractivity contribution in [3.8, 4) is 0 Å². The van der Waals surface area contributed by atoms with Crippen molar-refractivity contribution in [3.05, 3.63) is 35.4 Å². The van der Waals surface area contributed by atoms with E-state index >= 15 is 0 Å². The summed E-state index contributed by atoms with van der Waals surface area (Å²) in [5, 5.41) is 3.18. The molecule has 0 unspecified atom stereocenters. The number of benzene rings is 1. The molecule has 22 heavy (non-hydrogen) atoms. The summed E-state index contributed by atoms with van der Waals surface area (Å²) in [5.74, 6) is 1.43. The third kappa shape index (κ3) is 4.23. The van der Waals surface area contributed by atoms with Crippen LogP contribution in [0.5, 0.6) is 0 Å². The number of halogens is 1. The van der Waals surface area contributed by atoms with Gasteiger partial charge in [-0.1, -0.05) is 29.8 Å². The second-order valence-corrected chi connectivity index (χ2v) is 6.65. The molecule has 3 nitrogen and oxygen atoms in total. The molecule has 2 fully saturated rings. The molecule has 1 aromatic rings. The monoisotopic (exact) mass is 322 g/mol. The Morgan fingerprint density at radius 1 is 1.18 bits per heavy atom. The van der Waals surface area contributed by atoms with E-state index in [1.807, 2.05) is 0 Å². The molecular weight excluding hydrogens is 296 g/mol. The summed E-state index contributed by atoms with van der Waals surface area (Å²) in [6.07, 6.45) is 4.79. The van der Waals surface area contributed by atoms with Crippen LogP contribution in [-0.2, 0) is 11.2 Å². The number of nitrogens with zero attached hydrogens (tertiary/aromatic N) is 1. The highest BCUT2D eigenvalue weighted by molar-refractivity contribution is 5.85. The highest BCUT2D eigenvalue weighted by Crippen LogP contribution is 2.24. The number of hydrogen-bond donors (Lipinski definition) is 1. The number of carbonyl (C=O) groups is 1. The normalized spacial score (nSPS) is 19.4. The van der Waals surface area contributed by atoms with E-state index in [2.05, 4.69) is 41.4 Å². The van der Waals surface area contributed by atoms with Crippen LogP contribution in [0.15, 0.2) is 24.3 Å². The van der Waals surface area contributed by atoms with Gasteiger partial charge >= 0.3 is 0 Å². The number of amides is 1. The summed E-state index contributed by atoms with van der Waals surface area (Å²) in [5.41, 5.74) is 2.77. The number of nitrogens with one attached hydrogen (secondary N) is 1. The van der Waals surface area contributed by atoms with E-state index in [-0.39, 0.29) is 18.3 Å². The van der Waals surface area contributed by atoms with Crippen molar-refractivity contribution >= 4 is 18.3 Å². The Hall–Kier alpha value is -1.06. The number of carbonyl (C=O) groups excluding carboxylic acids is 1. The fourth-order valence-corrected chi connectivity index (χ4v) is 3.29. The Labute approximate surface area is 139 Å². The largest absolute Gasteiger partial charge is 0.342 e. The van der Waals surface area contributed by atoms with Crippen LogP contribution >= 0.6 is 12.4 Å². The van der Waals surface area contributed by atoms with Crippen molar-refractivity contribution in [3.63, 3.8) is 0 Å². The summed E-state index contributed by atoms with van der Waals surface area (Å²) in [4.78, 5) is 14.3. The van der Waals surface area contributed by atoms with Crippen LogP contribution in [0.4, 0.5) is 0 Å². The number of hydrogen-bond acceptors (Lipinski definition) is 2. The molecule has 3 rings (SSSR count). The smallest absolute Gasteiger partial charge is 0.228 e. The Kier molecular flexibility index (Phi) is 6.27. The van der Waals surface area contributed by atoms with Gasteiger partial charge in [-0.05, 0) is 44.1 Å². The van der Waals surface area contributed by atoms with Gasteiger partial charge in [-0.15, -0.1) is 12.4 Å². The fraction of sp³-hybridized carbons (Fsp3) is 0.611. The van der Waals surface area contributed by atoms with Crippen LogP contribution in [0.1, 0.15) is 30.4 Å². The molecule has 0 spiro atoms. The number of rotatable bonds is 4. The maximum absolute atomic E-state index is 12.2. The lowest BCUT2D eigenvalue weighted by molar-refractivity contribution is -0.138. The summed E-state index contributed by atoms with van der Waals surface area (Å²) in [6, 6.07) is 8.89. The fourth-order valence-electron chi connectivity index (χ4n) is 3.29. The molecule has 0 saturated carbocycles. The molecule has 2 heterocycles. The van der Waals surface area contributed by atoms with Gasteiger partial charge in [0.15, 0.2) is 0 Å². The first kappa shape index (κ1) is 17.3. The maximum Gasteiger partial charge on any atom is 0.228 e. The molecule has 122 valence electrons. The first-order valence-electron chi connectivity index (χ1n) is 8.27. The van der Waals surface area contributed by atoms with Gasteiger partial charge < -0.3 is 10.2 Å². The van der Waals surface area contributed by atoms with Gasteiger partial charge in [-0.25, -0.2) is 0 Å². The lowest BCUT2D eigenvalue weighted by atomic mass is 9.89. The first-order chi connectivity index (χ1) is 10.2. The third-order valence-corrected chi connectivity index (χ3v) is 5.02. The van der Waals surface area contributed by atoms with E-state index in [1.54, 1.807) is 0 Å². The number of likely N-dealkylation sites (tertiary alicyclic amines) is 1. The minimum absolute atomic E-state index is 0. The van der Waals surface area contributed by atoms with Gasteiger partial charge in [0.1, 0.15) is 0 Å². The van der Waals surface area contributed by atoms with E-state index < -0.39 is 0 Å². The van der Waals surface area contributed by atoms with Gasteiger partial charge in [0.25, 0.3) is 0 Å². The quantitative estimate of drug-likeness (QED) is 0.924. The Morgan fingerprint density at radius 2 is 1.82 bits per heavy atom. The second-order valence-electron chi connectivity index (χ2n) is 6.65. The molecule has 2 aliphatic rings. The molecular formula is C18H27ClN2O. The molecule has 0 radical (unpaired) electrons. The average Bonchev–Trinajstić information content (AvgIpc) is 2.45. The predicted molar refractivity (Wildman–Crippen MR) is 92.4 cm³/mol. The standard InChI is InChI=1S/C18H26N2O.ClH/c1-14-2-4-15(5-3-14)6-7-16-8-10-20(11-9-16)18(21)17-12-19-13-17;/h2-5,16-17,19H,6-13H2,1H3;1H. The van der Waals surface area contributed by atoms with Crippen molar-refractivity contribution in [1.29, 1.82) is 0 Å². The summed E-state index contributed by atoms with van der Waals surface area (Å²) < 4.78 is 0. The molecule has 0 bridgehead atoms. The van der Waals surface area contributed by atoms with E-state index in [0.29, 0.717) is 5.91 Å². The number of piperidine rings is 1. The van der Waals surface area contributed by atoms with Crippen LogP contribution in [0.2, 0.25) is 0 Å². The van der Waals surface area contributed by atoms with Crippen LogP contribution in [0.3, 0.4) is 0 Å². The van der Waals surface area contributed by atoms with Crippen LogP contribution in [0.25, 0.3) is 0 Å². The van der Waals surface area contributed by atoms with Gasteiger partial charge in [-0.2, -0.15) is 0 Å². The zero-order chi connectivity index (χ0) is 14.7. The molecule has 0 aromatic heterocycles. The molecule has 1 aromatic carbocycles. The Balaban J connectivity index is 0.00000176. The average molecular weight is 323 g/mol. The number of aryl methyl sites for hydroxylation is 2. The van der Waals surface area contributed by atoms with Crippen molar-refractivity contribution in [1.82, 2.24) is 10.2 Å². The highest BCUT2D eigenvalue weighted by Gasteiger charge is 2.31. The topological polar surface area (TPSA) is 32.3 Å². The summed E-state index contributed by atoms with van der Waals surface area (Å²) >= 11 is 0. The van der Waals surface area contributed by atoms with Crippen molar-refractivity contribution in [2.45, 2.75) is 32.6 Å². The van der Waals surface area contributed by atoms with Crippen LogP contribution in [0, 0.1) is 18.8 Å². The molecule has 1 N–H and O–H groups in total. The Bertz CT molecular complexity index is 476. The van der Waals surface area contributed by atoms with Gasteiger partial charge in [0.2, 0.25) is 5.91 Å². The zero-order valence-electron chi connectivity index (χ0n) is 13.4. The molecule has 0 aliphatic carbocycles. The molecule has 0 atom stereocenters. The van der Waals surface area contributed by atoms with Crippen molar-refractivity contribution < 1.29 is 4.79 Å². The van der Waals surface area contributed by atoms with Crippen LogP contribution in [-0.4, -0.2) is 37.0 Å². The van der Waals surface area contributed by atoms with E-state index in [9.17, 15) is 4.79 Å². The van der Waals surface area contributed by atoms with Crippen molar-refractivity contribution in [2.75, 3.05) is 26.2 Å². The van der Waals surface area contributed by atoms with E-state index in [4.69, 9.17) is 0 Å². The van der Waals surface area contributed by atoms with Gasteiger partial charge in [-0.3, -0.25) is 4.79 Å². The lowest BCUT2D eigenvalue weighted by Crippen LogP contribution is -2.53. The van der Waals surface area contributed by atoms with E-state index in [0.717, 1.165) is 32.1 Å². The second kappa shape index (κ2) is 7.98. The zero-order valence-corrected chi connectivity index (χ0v) is 14.2. The van der Waals surface area contributed by atoms with Gasteiger partial charge in [0.05, 0.1) is 5.92 Å². The molecule has 2 saturated heterocycles. The summed E-state index contributed by atoms with van der Waals surface area (Å²) in [7, 11) is 0. The summed E-state index contributed by atoms with van der Waals surface area (Å²) in [6.45, 7) is 5.83. The van der Waals surface area contributed by atoms with Crippen molar-refractivity contribution in [2.24, 2.45) is 11.8 Å². The minimum atomic E-state index is 0. The first-order valence-corrected chi connectivity index (χ1v) is 8.27. The minimum Gasteiger partial charge on any atom is -0.342 e. The third-order valence-electron chi connectivity index (χ3n) is 5.02. The molecule has 1 amide bonds. The predicted octanol–water partition coefficient (Wildman–Crippen LogP) is 2.81. The molecule has 2 aliphatic heterocycles. The van der Waals surface area contributed by atoms with Gasteiger partial charge in [0, 0.05) is 26.2 Å². The van der Waals surface area contributed by atoms with Crippen LogP contribution < -0.4 is 5.32 Å². The SMILES string of the molecule is Cc1ccc(CCC2CCN(C(=O)C3CNC3)CC2)cc1.Cl. The molecule has 4 heteroatoms. The highest BCUT2D eigenvalue weighted by atomic mass is 35.5. The van der Waals surface area contributed by atoms with E-state index in [1.165, 1.54) is 36.8 Å². The Morgan fingerprint density at radius 3 is 2.36 bits per heavy atom.